The molecule has 1 aliphatic rings. The second-order valence-corrected chi connectivity index (χ2v) is 6.67. The fourth-order valence-corrected chi connectivity index (χ4v) is 3.25. The fraction of sp³-hybridized carbons (Fsp3) is 0.350. The molecule has 1 heterocycles. The molecule has 0 radical (unpaired) electrons. The van der Waals surface area contributed by atoms with E-state index in [1.165, 1.54) is 31.4 Å². The Kier molecular flexibility index (Phi) is 6.38. The van der Waals surface area contributed by atoms with Crippen LogP contribution in [0.1, 0.15) is 36.0 Å². The average Bonchev–Trinajstić information content (AvgIpc) is 2.69. The van der Waals surface area contributed by atoms with Crippen LogP contribution in [0.25, 0.3) is 0 Å². The number of hydrogen-bond donors (Lipinski definition) is 1. The van der Waals surface area contributed by atoms with Crippen molar-refractivity contribution in [3.8, 4) is 0 Å². The van der Waals surface area contributed by atoms with Crippen molar-refractivity contribution in [1.82, 2.24) is 4.90 Å². The van der Waals surface area contributed by atoms with Gasteiger partial charge in [-0.2, -0.15) is 0 Å². The zero-order valence-electron chi connectivity index (χ0n) is 15.2. The van der Waals surface area contributed by atoms with Crippen LogP contribution in [-0.2, 0) is 18.0 Å². The van der Waals surface area contributed by atoms with Gasteiger partial charge in [-0.3, -0.25) is 15.0 Å². The minimum atomic E-state index is -0.433. The summed E-state index contributed by atoms with van der Waals surface area (Å²) >= 11 is 0. The number of rotatable bonds is 7. The second-order valence-electron chi connectivity index (χ2n) is 6.67. The van der Waals surface area contributed by atoms with Crippen LogP contribution in [0.5, 0.6) is 0 Å². The Morgan fingerprint density at radius 2 is 1.93 bits per heavy atom. The van der Waals surface area contributed by atoms with Gasteiger partial charge in [-0.05, 0) is 37.1 Å². The maximum absolute atomic E-state index is 10.8. The molecular weight excluding hydrogens is 344 g/mol. The summed E-state index contributed by atoms with van der Waals surface area (Å²) in [5.74, 6) is 0.313. The highest BCUT2D eigenvalue weighted by atomic mass is 16.6. The summed E-state index contributed by atoms with van der Waals surface area (Å²) in [6.45, 7) is 3.18. The highest BCUT2D eigenvalue weighted by Gasteiger charge is 2.14. The van der Waals surface area contributed by atoms with Crippen molar-refractivity contribution in [2.24, 2.45) is 10.9 Å². The number of nitro benzene ring substituents is 1. The molecule has 2 aromatic carbocycles. The maximum Gasteiger partial charge on any atom is 0.269 e. The first-order valence-electron chi connectivity index (χ1n) is 9.13. The van der Waals surface area contributed by atoms with E-state index in [4.69, 9.17) is 10.6 Å². The number of benzene rings is 2. The number of likely N-dealkylation sites (tertiary alicyclic amines) is 1. The lowest BCUT2D eigenvalue weighted by atomic mass is 10.0. The third-order valence-electron chi connectivity index (χ3n) is 4.65. The van der Waals surface area contributed by atoms with Crippen molar-refractivity contribution in [3.05, 3.63) is 75.3 Å². The van der Waals surface area contributed by atoms with Crippen LogP contribution in [0.3, 0.4) is 0 Å². The van der Waals surface area contributed by atoms with Gasteiger partial charge in [-0.15, -0.1) is 0 Å². The summed E-state index contributed by atoms with van der Waals surface area (Å²) in [7, 11) is 0. The number of nitrogens with two attached hydrogens (primary N) is 1. The van der Waals surface area contributed by atoms with E-state index < -0.39 is 4.92 Å². The van der Waals surface area contributed by atoms with Crippen LogP contribution in [0.4, 0.5) is 5.69 Å². The summed E-state index contributed by atoms with van der Waals surface area (Å²) in [5.41, 5.74) is 8.83. The predicted molar refractivity (Wildman–Crippen MR) is 104 cm³/mol. The number of nitro groups is 1. The first-order valence-corrected chi connectivity index (χ1v) is 9.13. The van der Waals surface area contributed by atoms with Gasteiger partial charge in [0.25, 0.3) is 5.69 Å². The lowest BCUT2D eigenvalue weighted by molar-refractivity contribution is -0.384. The first-order chi connectivity index (χ1) is 13.1. The Balaban J connectivity index is 1.65. The molecule has 7 heteroatoms. The van der Waals surface area contributed by atoms with Crippen LogP contribution in [0, 0.1) is 10.1 Å². The van der Waals surface area contributed by atoms with Gasteiger partial charge in [0, 0.05) is 24.2 Å². The van der Waals surface area contributed by atoms with Crippen molar-refractivity contribution in [1.29, 1.82) is 0 Å². The van der Waals surface area contributed by atoms with Crippen molar-refractivity contribution < 1.29 is 9.76 Å². The van der Waals surface area contributed by atoms with Gasteiger partial charge in [-0.1, -0.05) is 48.0 Å². The van der Waals surface area contributed by atoms with Gasteiger partial charge < -0.3 is 10.6 Å². The highest BCUT2D eigenvalue weighted by Crippen LogP contribution is 2.17. The third kappa shape index (κ3) is 5.27. The van der Waals surface area contributed by atoms with E-state index in [-0.39, 0.29) is 12.3 Å². The quantitative estimate of drug-likeness (QED) is 0.350. The molecule has 0 atom stereocenters. The second kappa shape index (κ2) is 9.14. The molecule has 0 aromatic heterocycles. The van der Waals surface area contributed by atoms with E-state index in [9.17, 15) is 10.1 Å². The smallest absolute Gasteiger partial charge is 0.269 e. The number of nitrogens with zero attached hydrogens (tertiary/aromatic N) is 3. The highest BCUT2D eigenvalue weighted by molar-refractivity contribution is 5.98. The molecule has 0 aliphatic carbocycles. The van der Waals surface area contributed by atoms with Gasteiger partial charge in [0.15, 0.2) is 5.84 Å². The van der Waals surface area contributed by atoms with Crippen molar-refractivity contribution in [3.63, 3.8) is 0 Å². The molecule has 27 heavy (non-hydrogen) atoms. The van der Waals surface area contributed by atoms with Crippen molar-refractivity contribution >= 4 is 11.5 Å². The van der Waals surface area contributed by atoms with E-state index in [0.717, 1.165) is 30.8 Å². The van der Waals surface area contributed by atoms with Crippen molar-refractivity contribution in [2.75, 3.05) is 13.1 Å². The molecule has 0 unspecified atom stereocenters. The van der Waals surface area contributed by atoms with E-state index >= 15 is 0 Å². The number of oxime groups is 1. The molecule has 1 fully saturated rings. The predicted octanol–water partition coefficient (Wildman–Crippen LogP) is 3.42. The molecule has 0 bridgehead atoms. The standard InChI is InChI=1S/C20H24N4O3/c21-20(22-27-15-16-7-6-9-18(13-16)24(25)26)19-10-3-2-8-17(19)14-23-11-4-1-5-12-23/h2-3,6-10,13H,1,4-5,11-12,14-15H2,(H2,21,22). The summed E-state index contributed by atoms with van der Waals surface area (Å²) in [6, 6.07) is 14.2. The topological polar surface area (TPSA) is 94.0 Å². The van der Waals surface area contributed by atoms with E-state index in [2.05, 4.69) is 16.1 Å². The molecule has 2 N–H and O–H groups in total. The van der Waals surface area contributed by atoms with Gasteiger partial charge in [0.2, 0.25) is 0 Å². The van der Waals surface area contributed by atoms with Gasteiger partial charge >= 0.3 is 0 Å². The Labute approximate surface area is 158 Å². The van der Waals surface area contributed by atoms with Crippen molar-refractivity contribution in [2.45, 2.75) is 32.4 Å². The zero-order valence-corrected chi connectivity index (χ0v) is 15.2. The first kappa shape index (κ1) is 18.8. The van der Waals surface area contributed by atoms with Crippen LogP contribution in [0.2, 0.25) is 0 Å². The Morgan fingerprint density at radius 1 is 1.15 bits per heavy atom. The molecule has 7 nitrogen and oxygen atoms in total. The molecule has 142 valence electrons. The molecule has 0 saturated carbocycles. The number of piperidine rings is 1. The minimum absolute atomic E-state index is 0.0277. The average molecular weight is 368 g/mol. The summed E-state index contributed by atoms with van der Waals surface area (Å²) in [4.78, 5) is 18.2. The fourth-order valence-electron chi connectivity index (χ4n) is 3.25. The van der Waals surface area contributed by atoms with E-state index in [1.54, 1.807) is 12.1 Å². The summed E-state index contributed by atoms with van der Waals surface area (Å²) in [6.07, 6.45) is 3.77. The molecule has 3 rings (SSSR count). The molecule has 1 saturated heterocycles. The Bertz CT molecular complexity index is 816. The summed E-state index contributed by atoms with van der Waals surface area (Å²) < 4.78 is 0. The van der Waals surface area contributed by atoms with Gasteiger partial charge in [0.1, 0.15) is 6.61 Å². The largest absolute Gasteiger partial charge is 0.389 e. The lowest BCUT2D eigenvalue weighted by Gasteiger charge is -2.27. The number of amidine groups is 1. The molecule has 0 amide bonds. The maximum atomic E-state index is 10.8. The Hall–Kier alpha value is -2.93. The van der Waals surface area contributed by atoms with E-state index in [0.29, 0.717) is 11.4 Å². The Morgan fingerprint density at radius 3 is 2.70 bits per heavy atom. The molecule has 0 spiro atoms. The normalized spacial score (nSPS) is 15.5. The minimum Gasteiger partial charge on any atom is -0.389 e. The summed E-state index contributed by atoms with van der Waals surface area (Å²) in [5, 5.41) is 14.9. The number of non-ortho nitro benzene ring substituents is 1. The monoisotopic (exact) mass is 368 g/mol. The SMILES string of the molecule is N/C(=N/OCc1cccc([N+](=O)[O-])c1)c1ccccc1CN1CCCCC1. The molecule has 1 aliphatic heterocycles. The zero-order chi connectivity index (χ0) is 19.1. The van der Waals surface area contributed by atoms with Crippen LogP contribution < -0.4 is 5.73 Å². The van der Waals surface area contributed by atoms with Gasteiger partial charge in [-0.25, -0.2) is 0 Å². The van der Waals surface area contributed by atoms with Crippen LogP contribution in [0.15, 0.2) is 53.7 Å². The van der Waals surface area contributed by atoms with Crippen LogP contribution >= 0.6 is 0 Å². The third-order valence-corrected chi connectivity index (χ3v) is 4.65. The van der Waals surface area contributed by atoms with E-state index in [1.807, 2.05) is 18.2 Å². The molecule has 2 aromatic rings. The number of hydrogen-bond acceptors (Lipinski definition) is 5. The van der Waals surface area contributed by atoms with Crippen LogP contribution in [-0.4, -0.2) is 28.7 Å². The lowest BCUT2D eigenvalue weighted by Crippen LogP contribution is -2.30. The molecular formula is C20H24N4O3. The van der Waals surface area contributed by atoms with Gasteiger partial charge in [0.05, 0.1) is 4.92 Å².